The highest BCUT2D eigenvalue weighted by molar-refractivity contribution is 6.18. The van der Waals surface area contributed by atoms with Crippen LogP contribution >= 0.6 is 11.6 Å². The van der Waals surface area contributed by atoms with Gasteiger partial charge in [0, 0.05) is 41.5 Å². The fraction of sp³-hybridized carbons (Fsp3) is 0.400. The number of H-pyrrole nitrogens is 1. The number of carbonyl (C=O) groups excluding carboxylic acids is 1. The second-order valence-corrected chi connectivity index (χ2v) is 5.53. The van der Waals surface area contributed by atoms with E-state index in [0.29, 0.717) is 12.4 Å². The number of carbonyl (C=O) groups is 1. The molecule has 0 spiro atoms. The molecule has 0 saturated carbocycles. The first-order chi connectivity index (χ1) is 9.78. The molecule has 1 aromatic carbocycles. The lowest BCUT2D eigenvalue weighted by atomic mass is 9.92. The van der Waals surface area contributed by atoms with Gasteiger partial charge in [-0.1, -0.05) is 18.2 Å². The molecule has 1 aliphatic rings. The second kappa shape index (κ2) is 5.75. The van der Waals surface area contributed by atoms with Crippen LogP contribution < -0.4 is 10.6 Å². The zero-order chi connectivity index (χ0) is 13.9. The van der Waals surface area contributed by atoms with E-state index in [0.717, 1.165) is 19.3 Å². The number of urea groups is 1. The smallest absolute Gasteiger partial charge is 0.315 e. The largest absolute Gasteiger partial charge is 0.358 e. The summed E-state index contributed by atoms with van der Waals surface area (Å²) in [6.45, 7) is 0.498. The molecule has 0 saturated heterocycles. The molecule has 1 aromatic heterocycles. The summed E-state index contributed by atoms with van der Waals surface area (Å²) >= 11 is 5.55. The minimum atomic E-state index is -0.129. The summed E-state index contributed by atoms with van der Waals surface area (Å²) < 4.78 is 0. The first kappa shape index (κ1) is 13.3. The van der Waals surface area contributed by atoms with E-state index in [4.69, 9.17) is 11.6 Å². The van der Waals surface area contributed by atoms with Crippen molar-refractivity contribution in [3.05, 3.63) is 35.5 Å². The highest BCUT2D eigenvalue weighted by Gasteiger charge is 2.23. The van der Waals surface area contributed by atoms with Crippen molar-refractivity contribution in [1.82, 2.24) is 15.6 Å². The van der Waals surface area contributed by atoms with E-state index >= 15 is 0 Å². The van der Waals surface area contributed by atoms with Gasteiger partial charge in [0.15, 0.2) is 0 Å². The van der Waals surface area contributed by atoms with Crippen LogP contribution in [-0.2, 0) is 12.8 Å². The Kier molecular flexibility index (Phi) is 3.83. The molecule has 4 nitrogen and oxygen atoms in total. The molecule has 0 fully saturated rings. The monoisotopic (exact) mass is 291 g/mol. The Morgan fingerprint density at radius 3 is 3.10 bits per heavy atom. The molecule has 3 N–H and O–H groups in total. The maximum Gasteiger partial charge on any atom is 0.315 e. The number of amides is 2. The Morgan fingerprint density at radius 2 is 2.25 bits per heavy atom. The predicted octanol–water partition coefficient (Wildman–Crippen LogP) is 2.56. The van der Waals surface area contributed by atoms with E-state index in [1.165, 1.54) is 22.2 Å². The number of rotatable bonds is 3. The minimum Gasteiger partial charge on any atom is -0.358 e. The Morgan fingerprint density at radius 1 is 1.40 bits per heavy atom. The molecular weight excluding hydrogens is 274 g/mol. The van der Waals surface area contributed by atoms with Gasteiger partial charge in [-0.05, 0) is 24.5 Å². The Balaban J connectivity index is 1.71. The van der Waals surface area contributed by atoms with Gasteiger partial charge in [-0.2, -0.15) is 0 Å². The van der Waals surface area contributed by atoms with Crippen molar-refractivity contribution in [1.29, 1.82) is 0 Å². The van der Waals surface area contributed by atoms with Crippen molar-refractivity contribution >= 4 is 28.5 Å². The summed E-state index contributed by atoms with van der Waals surface area (Å²) in [4.78, 5) is 15.1. The van der Waals surface area contributed by atoms with Gasteiger partial charge in [-0.15, -0.1) is 11.6 Å². The molecule has 5 heteroatoms. The van der Waals surface area contributed by atoms with Crippen LogP contribution in [0.5, 0.6) is 0 Å². The molecule has 2 aromatic rings. The van der Waals surface area contributed by atoms with Crippen LogP contribution in [0.2, 0.25) is 0 Å². The van der Waals surface area contributed by atoms with Crippen LogP contribution in [0.1, 0.15) is 17.7 Å². The Hall–Kier alpha value is -1.68. The fourth-order valence-electron chi connectivity index (χ4n) is 2.90. The van der Waals surface area contributed by atoms with E-state index in [9.17, 15) is 4.79 Å². The van der Waals surface area contributed by atoms with Gasteiger partial charge in [0.2, 0.25) is 0 Å². The van der Waals surface area contributed by atoms with Crippen LogP contribution in [0, 0.1) is 0 Å². The van der Waals surface area contributed by atoms with E-state index in [-0.39, 0.29) is 12.1 Å². The number of aromatic amines is 1. The lowest BCUT2D eigenvalue weighted by Gasteiger charge is -2.23. The molecule has 1 aliphatic carbocycles. The van der Waals surface area contributed by atoms with Crippen LogP contribution in [0.3, 0.4) is 0 Å². The van der Waals surface area contributed by atoms with E-state index in [1.807, 2.05) is 6.07 Å². The second-order valence-electron chi connectivity index (χ2n) is 5.16. The average molecular weight is 292 g/mol. The molecule has 0 bridgehead atoms. The summed E-state index contributed by atoms with van der Waals surface area (Å²) in [5.74, 6) is 0.435. The summed E-state index contributed by atoms with van der Waals surface area (Å²) in [5.41, 5.74) is 3.84. The van der Waals surface area contributed by atoms with Crippen LogP contribution in [0.25, 0.3) is 10.9 Å². The number of fused-ring (bicyclic) bond motifs is 3. The quantitative estimate of drug-likeness (QED) is 0.748. The van der Waals surface area contributed by atoms with Gasteiger partial charge in [0.05, 0.1) is 0 Å². The molecule has 106 valence electrons. The lowest BCUT2D eigenvalue weighted by molar-refractivity contribution is 0.236. The number of para-hydroxylation sites is 1. The normalized spacial score (nSPS) is 17.8. The van der Waals surface area contributed by atoms with Crippen LogP contribution in [0.15, 0.2) is 24.3 Å². The number of hydrogen-bond acceptors (Lipinski definition) is 1. The maximum atomic E-state index is 11.7. The van der Waals surface area contributed by atoms with E-state index in [2.05, 4.69) is 33.8 Å². The molecule has 1 heterocycles. The van der Waals surface area contributed by atoms with Gasteiger partial charge in [-0.25, -0.2) is 4.79 Å². The number of nitrogens with one attached hydrogen (secondary N) is 3. The zero-order valence-corrected chi connectivity index (χ0v) is 12.0. The summed E-state index contributed by atoms with van der Waals surface area (Å²) in [6, 6.07) is 8.43. The fourth-order valence-corrected chi connectivity index (χ4v) is 3.00. The minimum absolute atomic E-state index is 0.129. The number of hydrogen-bond donors (Lipinski definition) is 3. The molecule has 0 radical (unpaired) electrons. The van der Waals surface area contributed by atoms with Crippen molar-refractivity contribution in [2.24, 2.45) is 0 Å². The van der Waals surface area contributed by atoms with Crippen molar-refractivity contribution in [3.8, 4) is 0 Å². The Bertz CT molecular complexity index is 623. The molecule has 3 rings (SSSR count). The summed E-state index contributed by atoms with van der Waals surface area (Å²) in [5, 5.41) is 7.06. The van der Waals surface area contributed by atoms with E-state index < -0.39 is 0 Å². The van der Waals surface area contributed by atoms with Gasteiger partial charge < -0.3 is 15.6 Å². The Labute approximate surface area is 122 Å². The number of halogens is 1. The highest BCUT2D eigenvalue weighted by Crippen LogP contribution is 2.28. The first-order valence-electron chi connectivity index (χ1n) is 6.96. The lowest BCUT2D eigenvalue weighted by Crippen LogP contribution is -2.45. The predicted molar refractivity (Wildman–Crippen MR) is 81.4 cm³/mol. The summed E-state index contributed by atoms with van der Waals surface area (Å²) in [6.07, 6.45) is 2.83. The number of alkyl halides is 1. The van der Waals surface area contributed by atoms with Crippen molar-refractivity contribution < 1.29 is 4.79 Å². The van der Waals surface area contributed by atoms with Crippen LogP contribution in [0.4, 0.5) is 4.79 Å². The van der Waals surface area contributed by atoms with Gasteiger partial charge in [-0.3, -0.25) is 0 Å². The van der Waals surface area contributed by atoms with Gasteiger partial charge in [0.25, 0.3) is 0 Å². The third kappa shape index (κ3) is 2.61. The van der Waals surface area contributed by atoms with Gasteiger partial charge in [0.1, 0.15) is 0 Å². The maximum absolute atomic E-state index is 11.7. The topological polar surface area (TPSA) is 56.9 Å². The molecular formula is C15H18ClN3O. The molecule has 2 amide bonds. The zero-order valence-electron chi connectivity index (χ0n) is 11.2. The molecule has 0 aliphatic heterocycles. The average Bonchev–Trinajstić information content (AvgIpc) is 2.82. The molecule has 1 atom stereocenters. The third-order valence-corrected chi connectivity index (χ3v) is 4.00. The van der Waals surface area contributed by atoms with Gasteiger partial charge >= 0.3 is 6.03 Å². The van der Waals surface area contributed by atoms with Crippen molar-refractivity contribution in [2.45, 2.75) is 25.3 Å². The SMILES string of the molecule is O=C(NCCCl)NC1CCc2c([nH]c3ccccc23)C1. The van der Waals surface area contributed by atoms with Crippen molar-refractivity contribution in [3.63, 3.8) is 0 Å². The van der Waals surface area contributed by atoms with Crippen molar-refractivity contribution in [2.75, 3.05) is 12.4 Å². The standard InChI is InChI=1S/C15H18ClN3O/c16-7-8-17-15(20)18-10-5-6-12-11-3-1-2-4-13(11)19-14(12)9-10/h1-4,10,19H,5-9H2,(H2,17,18,20). The third-order valence-electron chi connectivity index (χ3n) is 3.81. The van der Waals surface area contributed by atoms with Crippen LogP contribution in [-0.4, -0.2) is 29.5 Å². The molecule has 1 unspecified atom stereocenters. The number of aromatic nitrogens is 1. The van der Waals surface area contributed by atoms with E-state index in [1.54, 1.807) is 0 Å². The highest BCUT2D eigenvalue weighted by atomic mass is 35.5. The molecule has 20 heavy (non-hydrogen) atoms. The first-order valence-corrected chi connectivity index (χ1v) is 7.50. The number of benzene rings is 1. The summed E-state index contributed by atoms with van der Waals surface area (Å²) in [7, 11) is 0. The number of aryl methyl sites for hydroxylation is 1.